The summed E-state index contributed by atoms with van der Waals surface area (Å²) in [5.74, 6) is 0.907. The Morgan fingerprint density at radius 1 is 1.42 bits per heavy atom. The average Bonchev–Trinajstić information content (AvgIpc) is 2.96. The van der Waals surface area contributed by atoms with E-state index in [0.717, 1.165) is 44.1 Å². The van der Waals surface area contributed by atoms with Gasteiger partial charge in [0.1, 0.15) is 0 Å². The molecule has 1 N–H and O–H groups in total. The van der Waals surface area contributed by atoms with Gasteiger partial charge in [-0.25, -0.2) is 4.68 Å². The van der Waals surface area contributed by atoms with E-state index in [2.05, 4.69) is 29.5 Å². The first-order valence-corrected chi connectivity index (χ1v) is 7.38. The Labute approximate surface area is 114 Å². The molecule has 106 valence electrons. The van der Waals surface area contributed by atoms with Crippen molar-refractivity contribution >= 4 is 0 Å². The van der Waals surface area contributed by atoms with Crippen molar-refractivity contribution in [2.24, 2.45) is 5.92 Å². The molecule has 0 spiro atoms. The van der Waals surface area contributed by atoms with Crippen LogP contribution < -0.4 is 5.32 Å². The molecule has 19 heavy (non-hydrogen) atoms. The minimum Gasteiger partial charge on any atom is -0.370 e. The largest absolute Gasteiger partial charge is 0.370 e. The third kappa shape index (κ3) is 3.76. The number of aromatic nitrogens is 3. The molecule has 0 aromatic carbocycles. The summed E-state index contributed by atoms with van der Waals surface area (Å²) in [6.07, 6.45) is 7.32. The first-order chi connectivity index (χ1) is 9.11. The molecular weight excluding hydrogens is 240 g/mol. The van der Waals surface area contributed by atoms with E-state index in [-0.39, 0.29) is 11.7 Å². The number of nitrogens with zero attached hydrogens (tertiary/aromatic N) is 3. The predicted octanol–water partition coefficient (Wildman–Crippen LogP) is 1.74. The Bertz CT molecular complexity index is 425. The summed E-state index contributed by atoms with van der Waals surface area (Å²) in [5.41, 5.74) is 1.05. The molecule has 1 saturated carbocycles. The molecule has 1 aliphatic carbocycles. The lowest BCUT2D eigenvalue weighted by Gasteiger charge is -2.18. The lowest BCUT2D eigenvalue weighted by atomic mass is 10.1. The van der Waals surface area contributed by atoms with E-state index in [4.69, 9.17) is 4.74 Å². The van der Waals surface area contributed by atoms with Crippen molar-refractivity contribution in [1.82, 2.24) is 20.3 Å². The topological polar surface area (TPSA) is 52.0 Å². The highest BCUT2D eigenvalue weighted by atomic mass is 16.5. The number of ether oxygens (including phenoxy) is 1. The molecule has 0 radical (unpaired) electrons. The minimum absolute atomic E-state index is 0.0277. The van der Waals surface area contributed by atoms with E-state index in [1.54, 1.807) is 0 Å². The lowest BCUT2D eigenvalue weighted by Crippen LogP contribution is -2.23. The molecule has 2 fully saturated rings. The van der Waals surface area contributed by atoms with E-state index in [0.29, 0.717) is 0 Å². The van der Waals surface area contributed by atoms with Gasteiger partial charge in [-0.15, -0.1) is 5.10 Å². The summed E-state index contributed by atoms with van der Waals surface area (Å²) in [6.45, 7) is 7.07. The van der Waals surface area contributed by atoms with Crippen molar-refractivity contribution in [3.05, 3.63) is 11.9 Å². The Morgan fingerprint density at radius 2 is 2.26 bits per heavy atom. The van der Waals surface area contributed by atoms with Crippen LogP contribution in [-0.4, -0.2) is 33.2 Å². The van der Waals surface area contributed by atoms with Crippen LogP contribution in [-0.2, 0) is 17.8 Å². The van der Waals surface area contributed by atoms with E-state index >= 15 is 0 Å². The number of hydrogen-bond donors (Lipinski definition) is 1. The number of nitrogens with one attached hydrogen (secondary N) is 1. The van der Waals surface area contributed by atoms with Gasteiger partial charge < -0.3 is 10.1 Å². The van der Waals surface area contributed by atoms with Gasteiger partial charge in [0, 0.05) is 12.7 Å². The molecule has 3 rings (SSSR count). The second kappa shape index (κ2) is 5.21. The van der Waals surface area contributed by atoms with Crippen molar-refractivity contribution in [2.75, 3.05) is 6.54 Å². The van der Waals surface area contributed by atoms with Gasteiger partial charge >= 0.3 is 0 Å². The maximum absolute atomic E-state index is 5.98. The molecule has 1 atom stereocenters. The van der Waals surface area contributed by atoms with Crippen LogP contribution in [0.5, 0.6) is 0 Å². The predicted molar refractivity (Wildman–Crippen MR) is 72.6 cm³/mol. The van der Waals surface area contributed by atoms with Gasteiger partial charge in [0.15, 0.2) is 0 Å². The van der Waals surface area contributed by atoms with Crippen molar-refractivity contribution in [3.63, 3.8) is 0 Å². The molecule has 2 aliphatic rings. The highest BCUT2D eigenvalue weighted by molar-refractivity contribution is 4.93. The van der Waals surface area contributed by atoms with Crippen LogP contribution in [0.4, 0.5) is 0 Å². The zero-order valence-electron chi connectivity index (χ0n) is 11.9. The normalized spacial score (nSPS) is 25.9. The van der Waals surface area contributed by atoms with Gasteiger partial charge in [0.25, 0.3) is 0 Å². The lowest BCUT2D eigenvalue weighted by molar-refractivity contribution is -0.0231. The van der Waals surface area contributed by atoms with Crippen LogP contribution in [0.2, 0.25) is 0 Å². The Hall–Kier alpha value is -0.940. The van der Waals surface area contributed by atoms with E-state index in [1.165, 1.54) is 12.8 Å². The molecular formula is C14H24N4O. The first kappa shape index (κ1) is 13.1. The van der Waals surface area contributed by atoms with E-state index < -0.39 is 0 Å². The monoisotopic (exact) mass is 264 g/mol. The fourth-order valence-corrected chi connectivity index (χ4v) is 2.65. The SMILES string of the molecule is CC1(C)CCC(Cn2cc(CNCC3CC3)nn2)O1. The second-order valence-corrected chi connectivity index (χ2v) is 6.54. The average molecular weight is 264 g/mol. The van der Waals surface area contributed by atoms with Crippen LogP contribution in [0, 0.1) is 5.92 Å². The molecule has 1 saturated heterocycles. The highest BCUT2D eigenvalue weighted by Gasteiger charge is 2.31. The third-order valence-electron chi connectivity index (χ3n) is 3.97. The Balaban J connectivity index is 1.44. The fourth-order valence-electron chi connectivity index (χ4n) is 2.65. The number of rotatable bonds is 6. The second-order valence-electron chi connectivity index (χ2n) is 6.54. The van der Waals surface area contributed by atoms with Crippen LogP contribution >= 0.6 is 0 Å². The minimum atomic E-state index is 0.0277. The maximum Gasteiger partial charge on any atom is 0.0964 e. The summed E-state index contributed by atoms with van der Waals surface area (Å²) in [7, 11) is 0. The van der Waals surface area contributed by atoms with Crippen LogP contribution in [0.1, 0.15) is 45.2 Å². The van der Waals surface area contributed by atoms with Crippen LogP contribution in [0.25, 0.3) is 0 Å². The molecule has 1 aliphatic heterocycles. The highest BCUT2D eigenvalue weighted by Crippen LogP contribution is 2.30. The standard InChI is InChI=1S/C14H24N4O/c1-14(2)6-5-13(19-14)10-18-9-12(16-17-18)8-15-7-11-3-4-11/h9,11,13,15H,3-8,10H2,1-2H3. The van der Waals surface area contributed by atoms with Gasteiger partial charge in [-0.3, -0.25) is 0 Å². The van der Waals surface area contributed by atoms with Crippen LogP contribution in [0.15, 0.2) is 6.20 Å². The van der Waals surface area contributed by atoms with E-state index in [9.17, 15) is 0 Å². The Kier molecular flexibility index (Phi) is 3.58. The van der Waals surface area contributed by atoms with Crippen molar-refractivity contribution in [2.45, 2.75) is 64.3 Å². The summed E-state index contributed by atoms with van der Waals surface area (Å²) in [4.78, 5) is 0. The van der Waals surface area contributed by atoms with Crippen LogP contribution in [0.3, 0.4) is 0 Å². The molecule has 0 amide bonds. The molecule has 5 nitrogen and oxygen atoms in total. The molecule has 1 unspecified atom stereocenters. The van der Waals surface area contributed by atoms with Gasteiger partial charge in [0.2, 0.25) is 0 Å². The maximum atomic E-state index is 5.98. The third-order valence-corrected chi connectivity index (χ3v) is 3.97. The summed E-state index contributed by atoms with van der Waals surface area (Å²) in [6, 6.07) is 0. The van der Waals surface area contributed by atoms with Crippen molar-refractivity contribution in [3.8, 4) is 0 Å². The zero-order chi connectivity index (χ0) is 13.3. The molecule has 1 aromatic heterocycles. The summed E-state index contributed by atoms with van der Waals surface area (Å²) in [5, 5.41) is 11.8. The zero-order valence-corrected chi connectivity index (χ0v) is 11.9. The molecule has 2 heterocycles. The van der Waals surface area contributed by atoms with Gasteiger partial charge in [-0.2, -0.15) is 0 Å². The molecule has 1 aromatic rings. The smallest absolute Gasteiger partial charge is 0.0964 e. The molecule has 0 bridgehead atoms. The van der Waals surface area contributed by atoms with Gasteiger partial charge in [-0.1, -0.05) is 5.21 Å². The summed E-state index contributed by atoms with van der Waals surface area (Å²) < 4.78 is 7.90. The Morgan fingerprint density at radius 3 is 2.95 bits per heavy atom. The van der Waals surface area contributed by atoms with Crippen molar-refractivity contribution in [1.29, 1.82) is 0 Å². The molecule has 5 heteroatoms. The first-order valence-electron chi connectivity index (χ1n) is 7.38. The number of hydrogen-bond acceptors (Lipinski definition) is 4. The van der Waals surface area contributed by atoms with Gasteiger partial charge in [0.05, 0.1) is 23.9 Å². The van der Waals surface area contributed by atoms with Gasteiger partial charge in [-0.05, 0) is 52.0 Å². The fraction of sp³-hybridized carbons (Fsp3) is 0.857. The van der Waals surface area contributed by atoms with E-state index in [1.807, 2.05) is 10.9 Å². The summed E-state index contributed by atoms with van der Waals surface area (Å²) >= 11 is 0. The van der Waals surface area contributed by atoms with Crippen molar-refractivity contribution < 1.29 is 4.74 Å². The quantitative estimate of drug-likeness (QED) is 0.850.